The molecule has 4 bridgehead atoms. The number of rotatable bonds is 2. The third-order valence-corrected chi connectivity index (χ3v) is 6.29. The number of nitrogens with zero attached hydrogens (tertiary/aromatic N) is 1. The van der Waals surface area contributed by atoms with Crippen molar-refractivity contribution in [2.75, 3.05) is 7.11 Å². The van der Waals surface area contributed by atoms with Crippen molar-refractivity contribution in [3.63, 3.8) is 0 Å². The number of nitrogens with one attached hydrogen (secondary N) is 1. The summed E-state index contributed by atoms with van der Waals surface area (Å²) in [4.78, 5) is 24.6. The van der Waals surface area contributed by atoms with Gasteiger partial charge in [0.2, 0.25) is 0 Å². The summed E-state index contributed by atoms with van der Waals surface area (Å²) in [6, 6.07) is 0.278. The molecule has 5 fully saturated rings. The van der Waals surface area contributed by atoms with Crippen molar-refractivity contribution >= 4 is 11.9 Å². The van der Waals surface area contributed by atoms with Gasteiger partial charge < -0.3 is 4.74 Å². The molecule has 4 aliphatic carbocycles. The standard InChI is InChI=1S/C16H24N2O3/c1-15(2)13(19)18(17-15)12-10-4-9-5-11(12)8-16(6-9,7-10)14(20)21-3/h9-12,17H,4-8H2,1-3H3. The van der Waals surface area contributed by atoms with Gasteiger partial charge in [0.25, 0.3) is 5.91 Å². The minimum Gasteiger partial charge on any atom is -0.469 e. The molecule has 0 aromatic rings. The van der Waals surface area contributed by atoms with Gasteiger partial charge in [-0.15, -0.1) is 0 Å². The Kier molecular flexibility index (Phi) is 2.58. The summed E-state index contributed by atoms with van der Waals surface area (Å²) in [5.41, 5.74) is 2.64. The zero-order valence-electron chi connectivity index (χ0n) is 13.0. The molecule has 0 aromatic carbocycles. The molecule has 1 aliphatic heterocycles. The molecule has 1 saturated heterocycles. The van der Waals surface area contributed by atoms with Crippen LogP contribution in [0.2, 0.25) is 0 Å². The minimum absolute atomic E-state index is 0.0245. The normalized spacial score (nSPS) is 46.4. The average Bonchev–Trinajstić information content (AvgIpc) is 2.43. The number of methoxy groups -OCH3 is 1. The van der Waals surface area contributed by atoms with E-state index in [1.165, 1.54) is 7.11 Å². The number of carbonyl (C=O) groups is 2. The quantitative estimate of drug-likeness (QED) is 0.783. The highest BCUT2D eigenvalue weighted by molar-refractivity contribution is 5.90. The molecule has 116 valence electrons. The van der Waals surface area contributed by atoms with Gasteiger partial charge in [-0.3, -0.25) is 14.6 Å². The first-order valence-corrected chi connectivity index (χ1v) is 8.06. The predicted octanol–water partition coefficient (Wildman–Crippen LogP) is 1.48. The number of carbonyl (C=O) groups excluding carboxylic acids is 2. The molecular weight excluding hydrogens is 268 g/mol. The van der Waals surface area contributed by atoms with Crippen molar-refractivity contribution in [3.05, 3.63) is 0 Å². The van der Waals surface area contributed by atoms with Gasteiger partial charge in [0.05, 0.1) is 18.6 Å². The molecule has 2 unspecified atom stereocenters. The summed E-state index contributed by atoms with van der Waals surface area (Å²) in [6.07, 6.45) is 5.09. The molecule has 1 N–H and O–H groups in total. The first-order chi connectivity index (χ1) is 9.86. The van der Waals surface area contributed by atoms with Crippen molar-refractivity contribution in [3.8, 4) is 0 Å². The van der Waals surface area contributed by atoms with Gasteiger partial charge in [-0.1, -0.05) is 0 Å². The minimum atomic E-state index is -0.422. The van der Waals surface area contributed by atoms with Gasteiger partial charge in [0.1, 0.15) is 5.54 Å². The SMILES string of the molecule is COC(=O)C12CC3CC(C1)C(N1NC(C)(C)C1=O)C(C3)C2. The van der Waals surface area contributed by atoms with Crippen LogP contribution in [0.5, 0.6) is 0 Å². The van der Waals surface area contributed by atoms with E-state index in [4.69, 9.17) is 4.74 Å². The van der Waals surface area contributed by atoms with E-state index < -0.39 is 5.54 Å². The highest BCUT2D eigenvalue weighted by Crippen LogP contribution is 2.61. The summed E-state index contributed by atoms with van der Waals surface area (Å²) in [5.74, 6) is 1.71. The lowest BCUT2D eigenvalue weighted by molar-refractivity contribution is -0.198. The van der Waals surface area contributed by atoms with Crippen molar-refractivity contribution in [1.82, 2.24) is 10.4 Å². The zero-order valence-corrected chi connectivity index (χ0v) is 13.0. The van der Waals surface area contributed by atoms with E-state index in [0.717, 1.165) is 32.1 Å². The van der Waals surface area contributed by atoms with Crippen molar-refractivity contribution in [1.29, 1.82) is 0 Å². The second-order valence-electron chi connectivity index (χ2n) is 8.14. The van der Waals surface area contributed by atoms with Crippen LogP contribution in [0.15, 0.2) is 0 Å². The van der Waals surface area contributed by atoms with Crippen LogP contribution in [0.1, 0.15) is 46.0 Å². The van der Waals surface area contributed by atoms with E-state index in [-0.39, 0.29) is 23.3 Å². The molecule has 5 heteroatoms. The van der Waals surface area contributed by atoms with Crippen LogP contribution in [-0.2, 0) is 14.3 Å². The van der Waals surface area contributed by atoms with Gasteiger partial charge in [-0.05, 0) is 63.7 Å². The fraction of sp³-hybridized carbons (Fsp3) is 0.875. The van der Waals surface area contributed by atoms with Gasteiger partial charge in [0, 0.05) is 0 Å². The van der Waals surface area contributed by atoms with Crippen LogP contribution in [0, 0.1) is 23.2 Å². The zero-order chi connectivity index (χ0) is 15.0. The molecule has 5 aliphatic rings. The molecule has 0 spiro atoms. The van der Waals surface area contributed by atoms with Gasteiger partial charge in [-0.2, -0.15) is 0 Å². The van der Waals surface area contributed by atoms with Crippen LogP contribution in [0.4, 0.5) is 0 Å². The van der Waals surface area contributed by atoms with Crippen molar-refractivity contribution in [2.24, 2.45) is 23.2 Å². The maximum Gasteiger partial charge on any atom is 0.311 e. The Hall–Kier alpha value is -1.10. The largest absolute Gasteiger partial charge is 0.469 e. The lowest BCUT2D eigenvalue weighted by Gasteiger charge is -2.63. The third kappa shape index (κ3) is 1.67. The second kappa shape index (κ2) is 4.00. The number of amides is 1. The molecule has 0 radical (unpaired) electrons. The van der Waals surface area contributed by atoms with E-state index in [2.05, 4.69) is 5.43 Å². The van der Waals surface area contributed by atoms with Crippen molar-refractivity contribution in [2.45, 2.75) is 57.5 Å². The summed E-state index contributed by atoms with van der Waals surface area (Å²) in [7, 11) is 1.50. The van der Waals surface area contributed by atoms with E-state index >= 15 is 0 Å². The monoisotopic (exact) mass is 292 g/mol. The van der Waals surface area contributed by atoms with E-state index in [9.17, 15) is 9.59 Å². The van der Waals surface area contributed by atoms with Gasteiger partial charge >= 0.3 is 5.97 Å². The Bertz CT molecular complexity index is 500. The third-order valence-electron chi connectivity index (χ3n) is 6.29. The Labute approximate surface area is 125 Å². The molecular formula is C16H24N2O3. The highest BCUT2D eigenvalue weighted by Gasteiger charge is 2.63. The summed E-state index contributed by atoms with van der Waals surface area (Å²) in [6.45, 7) is 3.86. The molecule has 1 heterocycles. The first-order valence-electron chi connectivity index (χ1n) is 8.06. The molecule has 21 heavy (non-hydrogen) atoms. The highest BCUT2D eigenvalue weighted by atomic mass is 16.5. The van der Waals surface area contributed by atoms with Crippen LogP contribution in [-0.4, -0.2) is 35.6 Å². The fourth-order valence-corrected chi connectivity index (χ4v) is 5.74. The summed E-state index contributed by atoms with van der Waals surface area (Å²) < 4.78 is 5.09. The Morgan fingerprint density at radius 3 is 2.33 bits per heavy atom. The second-order valence-corrected chi connectivity index (χ2v) is 8.14. The maximum absolute atomic E-state index is 12.3. The molecule has 1 amide bonds. The lowest BCUT2D eigenvalue weighted by Crippen LogP contribution is -2.79. The van der Waals surface area contributed by atoms with Crippen LogP contribution < -0.4 is 5.43 Å². The molecule has 4 saturated carbocycles. The number of hydrogen-bond acceptors (Lipinski definition) is 4. The Morgan fingerprint density at radius 2 is 1.86 bits per heavy atom. The smallest absolute Gasteiger partial charge is 0.311 e. The number of hydrogen-bond donors (Lipinski definition) is 1. The van der Waals surface area contributed by atoms with Crippen molar-refractivity contribution < 1.29 is 14.3 Å². The van der Waals surface area contributed by atoms with Crippen LogP contribution in [0.3, 0.4) is 0 Å². The summed E-state index contributed by atoms with van der Waals surface area (Å²) in [5, 5.41) is 1.87. The Morgan fingerprint density at radius 1 is 1.24 bits per heavy atom. The van der Waals surface area contributed by atoms with E-state index in [1.807, 2.05) is 18.9 Å². The lowest BCUT2D eigenvalue weighted by atomic mass is 9.47. The number of hydrazine groups is 1. The van der Waals surface area contributed by atoms with Crippen LogP contribution in [0.25, 0.3) is 0 Å². The van der Waals surface area contributed by atoms with Gasteiger partial charge in [-0.25, -0.2) is 5.43 Å². The topological polar surface area (TPSA) is 58.6 Å². The first kappa shape index (κ1) is 13.6. The fourth-order valence-electron chi connectivity index (χ4n) is 5.74. The molecule has 2 atom stereocenters. The summed E-state index contributed by atoms with van der Waals surface area (Å²) >= 11 is 0. The predicted molar refractivity (Wildman–Crippen MR) is 75.9 cm³/mol. The average molecular weight is 292 g/mol. The van der Waals surface area contributed by atoms with E-state index in [0.29, 0.717) is 17.8 Å². The Balaban J connectivity index is 1.59. The maximum atomic E-state index is 12.3. The molecule has 5 nitrogen and oxygen atoms in total. The van der Waals surface area contributed by atoms with Gasteiger partial charge in [0.15, 0.2) is 0 Å². The van der Waals surface area contributed by atoms with E-state index in [1.54, 1.807) is 0 Å². The molecule has 0 aromatic heterocycles. The number of ether oxygens (including phenoxy) is 1. The molecule has 5 rings (SSSR count). The number of esters is 1. The van der Waals surface area contributed by atoms with Crippen LogP contribution >= 0.6 is 0 Å².